The van der Waals surface area contributed by atoms with Crippen molar-refractivity contribution < 1.29 is 14.2 Å². The third kappa shape index (κ3) is 2.18. The van der Waals surface area contributed by atoms with Crippen molar-refractivity contribution in [2.24, 2.45) is 0 Å². The summed E-state index contributed by atoms with van der Waals surface area (Å²) in [4.78, 5) is 0. The predicted octanol–water partition coefficient (Wildman–Crippen LogP) is 1.89. The highest BCUT2D eigenvalue weighted by atomic mass is 19.1. The van der Waals surface area contributed by atoms with E-state index < -0.39 is 11.6 Å². The molecule has 0 aromatic heterocycles. The smallest absolute Gasteiger partial charge is 0.213 e. The fourth-order valence-electron chi connectivity index (χ4n) is 0.876. The van der Waals surface area contributed by atoms with E-state index in [1.165, 1.54) is 12.1 Å². The van der Waals surface area contributed by atoms with E-state index in [-0.39, 0.29) is 5.90 Å². The molecule has 13 heavy (non-hydrogen) atoms. The van der Waals surface area contributed by atoms with Crippen LogP contribution in [-0.4, -0.2) is 17.6 Å². The van der Waals surface area contributed by atoms with Gasteiger partial charge in [-0.15, -0.1) is 0 Å². The van der Waals surface area contributed by atoms with Crippen LogP contribution in [-0.2, 0) is 4.74 Å². The van der Waals surface area contributed by atoms with E-state index in [2.05, 4.69) is 0 Å². The molecule has 70 valence electrons. The van der Waals surface area contributed by atoms with E-state index in [1.54, 1.807) is 6.92 Å². The molecule has 0 aliphatic heterocycles. The largest absolute Gasteiger partial charge is 0.505 e. The first-order valence-corrected chi connectivity index (χ1v) is 3.85. The molecule has 0 radical (unpaired) electrons. The molecule has 0 spiro atoms. The summed E-state index contributed by atoms with van der Waals surface area (Å²) in [5, 5.41) is 16.2. The van der Waals surface area contributed by atoms with Crippen LogP contribution in [0.5, 0.6) is 5.75 Å². The average Bonchev–Trinajstić information content (AvgIpc) is 2.10. The topological polar surface area (TPSA) is 53.3 Å². The number of phenolic OH excluding ortho intramolecular Hbond substituents is 1. The van der Waals surface area contributed by atoms with Crippen LogP contribution in [0.1, 0.15) is 12.5 Å². The van der Waals surface area contributed by atoms with Crippen LogP contribution >= 0.6 is 0 Å². The molecule has 0 saturated heterocycles. The van der Waals surface area contributed by atoms with Crippen molar-refractivity contribution in [3.8, 4) is 5.75 Å². The van der Waals surface area contributed by atoms with Crippen molar-refractivity contribution >= 4 is 5.90 Å². The number of nitrogens with one attached hydrogen (secondary N) is 1. The third-order valence-corrected chi connectivity index (χ3v) is 1.50. The molecule has 0 atom stereocenters. The Hall–Kier alpha value is -1.58. The van der Waals surface area contributed by atoms with Crippen LogP contribution in [0.15, 0.2) is 18.2 Å². The molecule has 1 aromatic rings. The number of hydrogen-bond donors (Lipinski definition) is 2. The molecular formula is C9H10FNO2. The summed E-state index contributed by atoms with van der Waals surface area (Å²) < 4.78 is 17.6. The molecule has 1 rings (SSSR count). The van der Waals surface area contributed by atoms with Gasteiger partial charge in [-0.25, -0.2) is 4.39 Å². The summed E-state index contributed by atoms with van der Waals surface area (Å²) >= 11 is 0. The van der Waals surface area contributed by atoms with E-state index in [0.29, 0.717) is 12.2 Å². The maximum absolute atomic E-state index is 12.8. The monoisotopic (exact) mass is 183 g/mol. The number of halogens is 1. The van der Waals surface area contributed by atoms with Crippen molar-refractivity contribution in [1.82, 2.24) is 0 Å². The van der Waals surface area contributed by atoms with Gasteiger partial charge in [-0.1, -0.05) is 0 Å². The lowest BCUT2D eigenvalue weighted by molar-refractivity contribution is 0.325. The molecule has 0 heterocycles. The Morgan fingerprint density at radius 2 is 2.31 bits per heavy atom. The average molecular weight is 183 g/mol. The lowest BCUT2D eigenvalue weighted by Gasteiger charge is -2.04. The summed E-state index contributed by atoms with van der Waals surface area (Å²) in [5.41, 5.74) is 0.317. The zero-order chi connectivity index (χ0) is 9.84. The van der Waals surface area contributed by atoms with Crippen LogP contribution in [0, 0.1) is 11.2 Å². The van der Waals surface area contributed by atoms with Gasteiger partial charge in [-0.2, -0.15) is 0 Å². The van der Waals surface area contributed by atoms with Gasteiger partial charge in [0.25, 0.3) is 0 Å². The quantitative estimate of drug-likeness (QED) is 0.543. The molecule has 1 aromatic carbocycles. The van der Waals surface area contributed by atoms with Crippen molar-refractivity contribution in [3.63, 3.8) is 0 Å². The fourth-order valence-corrected chi connectivity index (χ4v) is 0.876. The van der Waals surface area contributed by atoms with Crippen molar-refractivity contribution in [1.29, 1.82) is 5.41 Å². The zero-order valence-electron chi connectivity index (χ0n) is 7.17. The lowest BCUT2D eigenvalue weighted by atomic mass is 10.2. The number of phenols is 1. The Kier molecular flexibility index (Phi) is 2.84. The normalized spacial score (nSPS) is 9.69. The highest BCUT2D eigenvalue weighted by Crippen LogP contribution is 2.16. The first-order valence-electron chi connectivity index (χ1n) is 3.85. The molecule has 0 fully saturated rings. The second-order valence-electron chi connectivity index (χ2n) is 2.43. The molecule has 0 amide bonds. The van der Waals surface area contributed by atoms with Gasteiger partial charge >= 0.3 is 0 Å². The number of aromatic hydroxyl groups is 1. The van der Waals surface area contributed by atoms with Gasteiger partial charge in [-0.05, 0) is 25.1 Å². The maximum Gasteiger partial charge on any atom is 0.213 e. The Balaban J connectivity index is 2.90. The molecule has 0 aliphatic carbocycles. The minimum Gasteiger partial charge on any atom is -0.505 e. The Morgan fingerprint density at radius 1 is 1.62 bits per heavy atom. The van der Waals surface area contributed by atoms with Crippen LogP contribution < -0.4 is 0 Å². The molecule has 2 N–H and O–H groups in total. The SMILES string of the molecule is CCOC(=N)c1ccc(O)c(F)c1. The number of hydrogen-bond acceptors (Lipinski definition) is 3. The fraction of sp³-hybridized carbons (Fsp3) is 0.222. The minimum atomic E-state index is -0.748. The van der Waals surface area contributed by atoms with Gasteiger partial charge in [0, 0.05) is 5.56 Å². The predicted molar refractivity (Wildman–Crippen MR) is 46.5 cm³/mol. The van der Waals surface area contributed by atoms with Crippen molar-refractivity contribution in [2.45, 2.75) is 6.92 Å². The lowest BCUT2D eigenvalue weighted by Crippen LogP contribution is -2.04. The van der Waals surface area contributed by atoms with Crippen LogP contribution in [0.4, 0.5) is 4.39 Å². The highest BCUT2D eigenvalue weighted by molar-refractivity contribution is 5.91. The van der Waals surface area contributed by atoms with Gasteiger partial charge < -0.3 is 9.84 Å². The van der Waals surface area contributed by atoms with Crippen molar-refractivity contribution in [2.75, 3.05) is 6.61 Å². The Morgan fingerprint density at radius 3 is 2.85 bits per heavy atom. The molecule has 4 heteroatoms. The molecule has 0 aliphatic rings. The number of ether oxygens (including phenoxy) is 1. The van der Waals surface area contributed by atoms with Gasteiger partial charge in [0.05, 0.1) is 6.61 Å². The summed E-state index contributed by atoms with van der Waals surface area (Å²) in [6.45, 7) is 2.10. The summed E-state index contributed by atoms with van der Waals surface area (Å²) in [6.07, 6.45) is 0. The van der Waals surface area contributed by atoms with Gasteiger partial charge in [0.1, 0.15) is 0 Å². The molecule has 3 nitrogen and oxygen atoms in total. The molecule has 0 saturated carbocycles. The number of benzene rings is 1. The molecule has 0 unspecified atom stereocenters. The Bertz CT molecular complexity index is 325. The standard InChI is InChI=1S/C9H10FNO2/c1-2-13-9(11)6-3-4-8(12)7(10)5-6/h3-5,11-12H,2H2,1H3. The van der Waals surface area contributed by atoms with E-state index in [0.717, 1.165) is 6.07 Å². The van der Waals surface area contributed by atoms with E-state index in [1.807, 2.05) is 0 Å². The highest BCUT2D eigenvalue weighted by Gasteiger charge is 2.05. The zero-order valence-corrected chi connectivity index (χ0v) is 7.17. The van der Waals surface area contributed by atoms with Crippen molar-refractivity contribution in [3.05, 3.63) is 29.6 Å². The molecular weight excluding hydrogens is 173 g/mol. The van der Waals surface area contributed by atoms with Gasteiger partial charge in [0.15, 0.2) is 11.6 Å². The van der Waals surface area contributed by atoms with Crippen LogP contribution in [0.25, 0.3) is 0 Å². The first-order chi connectivity index (χ1) is 6.15. The van der Waals surface area contributed by atoms with Crippen LogP contribution in [0.3, 0.4) is 0 Å². The second-order valence-corrected chi connectivity index (χ2v) is 2.43. The van der Waals surface area contributed by atoms with Gasteiger partial charge in [0.2, 0.25) is 5.90 Å². The van der Waals surface area contributed by atoms with Gasteiger partial charge in [-0.3, -0.25) is 5.41 Å². The first kappa shape index (κ1) is 9.51. The summed E-state index contributed by atoms with van der Waals surface area (Å²) in [7, 11) is 0. The Labute approximate surface area is 75.3 Å². The van der Waals surface area contributed by atoms with E-state index >= 15 is 0 Å². The number of rotatable bonds is 2. The second kappa shape index (κ2) is 3.89. The van der Waals surface area contributed by atoms with E-state index in [9.17, 15) is 4.39 Å². The summed E-state index contributed by atoms with van der Waals surface area (Å²) in [6, 6.07) is 3.68. The summed E-state index contributed by atoms with van der Waals surface area (Å²) in [5.74, 6) is -1.27. The third-order valence-electron chi connectivity index (χ3n) is 1.50. The van der Waals surface area contributed by atoms with Crippen LogP contribution in [0.2, 0.25) is 0 Å². The maximum atomic E-state index is 12.8. The minimum absolute atomic E-state index is 0.0959. The van der Waals surface area contributed by atoms with E-state index in [4.69, 9.17) is 15.3 Å². The molecule has 0 bridgehead atoms.